The zero-order valence-electron chi connectivity index (χ0n) is 13.8. The molecule has 23 heavy (non-hydrogen) atoms. The van der Waals surface area contributed by atoms with Crippen LogP contribution in [-0.4, -0.2) is 21.9 Å². The van der Waals surface area contributed by atoms with Gasteiger partial charge in [0.25, 0.3) is 0 Å². The Morgan fingerprint density at radius 2 is 2.00 bits per heavy atom. The summed E-state index contributed by atoms with van der Waals surface area (Å²) in [5.74, 6) is 0.183. The molecular formula is C18H22N4O. The zero-order valence-corrected chi connectivity index (χ0v) is 13.8. The number of hydrazone groups is 1. The summed E-state index contributed by atoms with van der Waals surface area (Å²) >= 11 is 0. The molecule has 1 N–H and O–H groups in total. The Morgan fingerprint density at radius 1 is 1.30 bits per heavy atom. The predicted octanol–water partition coefficient (Wildman–Crippen LogP) is 2.72. The quantitative estimate of drug-likeness (QED) is 0.682. The molecule has 5 heteroatoms. The van der Waals surface area contributed by atoms with Gasteiger partial charge in [0.05, 0.1) is 18.5 Å². The van der Waals surface area contributed by atoms with E-state index in [-0.39, 0.29) is 11.8 Å². The maximum atomic E-state index is 11.6. The summed E-state index contributed by atoms with van der Waals surface area (Å²) in [6.07, 6.45) is 3.66. The Kier molecular flexibility index (Phi) is 4.28. The summed E-state index contributed by atoms with van der Waals surface area (Å²) in [5, 5.41) is 8.66. The van der Waals surface area contributed by atoms with E-state index in [1.54, 1.807) is 6.21 Å². The number of amides is 1. The molecule has 1 heterocycles. The van der Waals surface area contributed by atoms with Crippen molar-refractivity contribution in [2.45, 2.75) is 40.2 Å². The topological polar surface area (TPSA) is 59.3 Å². The van der Waals surface area contributed by atoms with Gasteiger partial charge in [-0.1, -0.05) is 29.8 Å². The first-order valence-electron chi connectivity index (χ1n) is 7.97. The van der Waals surface area contributed by atoms with E-state index < -0.39 is 0 Å². The number of nitrogens with one attached hydrogen (secondary N) is 1. The van der Waals surface area contributed by atoms with Crippen LogP contribution in [0.4, 0.5) is 0 Å². The van der Waals surface area contributed by atoms with Gasteiger partial charge < -0.3 is 0 Å². The molecule has 2 aromatic rings. The van der Waals surface area contributed by atoms with Crippen molar-refractivity contribution in [3.8, 4) is 0 Å². The van der Waals surface area contributed by atoms with Crippen LogP contribution >= 0.6 is 0 Å². The number of benzene rings is 1. The SMILES string of the molecule is Cc1ccc(Cn2nc(C)c(/C=N/NC(=O)C3CC3)c2C)cc1. The predicted molar refractivity (Wildman–Crippen MR) is 90.4 cm³/mol. The van der Waals surface area contributed by atoms with Crippen LogP contribution in [0, 0.1) is 26.7 Å². The molecule has 1 amide bonds. The molecule has 120 valence electrons. The van der Waals surface area contributed by atoms with Crippen LogP contribution in [0.2, 0.25) is 0 Å². The van der Waals surface area contributed by atoms with Crippen molar-refractivity contribution >= 4 is 12.1 Å². The summed E-state index contributed by atoms with van der Waals surface area (Å²) in [6, 6.07) is 8.46. The standard InChI is InChI=1S/C18H22N4O/c1-12-4-6-15(7-5-12)11-22-14(3)17(13(2)21-22)10-19-20-18(23)16-8-9-16/h4-7,10,16H,8-9,11H2,1-3H3,(H,20,23)/b19-10+. The number of aromatic nitrogens is 2. The number of carbonyl (C=O) groups is 1. The highest BCUT2D eigenvalue weighted by atomic mass is 16.2. The van der Waals surface area contributed by atoms with Gasteiger partial charge in [0, 0.05) is 17.2 Å². The Morgan fingerprint density at radius 3 is 2.65 bits per heavy atom. The van der Waals surface area contributed by atoms with E-state index in [0.717, 1.165) is 36.3 Å². The van der Waals surface area contributed by atoms with Crippen LogP contribution in [0.15, 0.2) is 29.4 Å². The second kappa shape index (κ2) is 6.36. The van der Waals surface area contributed by atoms with Gasteiger partial charge in [0.2, 0.25) is 5.91 Å². The van der Waals surface area contributed by atoms with Gasteiger partial charge in [-0.15, -0.1) is 0 Å². The van der Waals surface area contributed by atoms with Gasteiger partial charge in [0.1, 0.15) is 0 Å². The van der Waals surface area contributed by atoms with Crippen LogP contribution in [-0.2, 0) is 11.3 Å². The van der Waals surface area contributed by atoms with Gasteiger partial charge in [-0.2, -0.15) is 10.2 Å². The van der Waals surface area contributed by atoms with Crippen LogP contribution < -0.4 is 5.43 Å². The maximum absolute atomic E-state index is 11.6. The fourth-order valence-corrected chi connectivity index (χ4v) is 2.52. The minimum atomic E-state index is 0.0172. The summed E-state index contributed by atoms with van der Waals surface area (Å²) in [6.45, 7) is 6.80. The third-order valence-electron chi connectivity index (χ3n) is 4.21. The van der Waals surface area contributed by atoms with Crippen molar-refractivity contribution in [3.63, 3.8) is 0 Å². The lowest BCUT2D eigenvalue weighted by molar-refractivity contribution is -0.122. The molecule has 1 aliphatic carbocycles. The number of rotatable bonds is 5. The molecule has 1 aliphatic rings. The van der Waals surface area contributed by atoms with E-state index in [1.807, 2.05) is 18.5 Å². The highest BCUT2D eigenvalue weighted by Gasteiger charge is 2.29. The monoisotopic (exact) mass is 310 g/mol. The van der Waals surface area contributed by atoms with Crippen LogP contribution in [0.25, 0.3) is 0 Å². The third kappa shape index (κ3) is 3.67. The van der Waals surface area contributed by atoms with E-state index in [4.69, 9.17) is 0 Å². The Labute approximate surface area is 136 Å². The van der Waals surface area contributed by atoms with Crippen molar-refractivity contribution in [2.75, 3.05) is 0 Å². The smallest absolute Gasteiger partial charge is 0.243 e. The molecule has 1 aromatic heterocycles. The number of hydrogen-bond donors (Lipinski definition) is 1. The molecule has 0 radical (unpaired) electrons. The van der Waals surface area contributed by atoms with Gasteiger partial charge in [0.15, 0.2) is 0 Å². The maximum Gasteiger partial charge on any atom is 0.243 e. The first-order chi connectivity index (χ1) is 11.0. The Bertz CT molecular complexity index is 739. The fraction of sp³-hybridized carbons (Fsp3) is 0.389. The van der Waals surface area contributed by atoms with E-state index in [2.05, 4.69) is 46.8 Å². The van der Waals surface area contributed by atoms with Crippen LogP contribution in [0.1, 0.15) is 40.9 Å². The van der Waals surface area contributed by atoms with Gasteiger partial charge >= 0.3 is 0 Å². The highest BCUT2D eigenvalue weighted by Crippen LogP contribution is 2.28. The minimum Gasteiger partial charge on any atom is -0.273 e. The van der Waals surface area contributed by atoms with Crippen molar-refractivity contribution < 1.29 is 4.79 Å². The Balaban J connectivity index is 1.71. The largest absolute Gasteiger partial charge is 0.273 e. The van der Waals surface area contributed by atoms with E-state index >= 15 is 0 Å². The lowest BCUT2D eigenvalue weighted by atomic mass is 10.1. The third-order valence-corrected chi connectivity index (χ3v) is 4.21. The van der Waals surface area contributed by atoms with Gasteiger partial charge in [-0.05, 0) is 39.2 Å². The molecule has 1 saturated carbocycles. The van der Waals surface area contributed by atoms with Crippen molar-refractivity contribution in [2.24, 2.45) is 11.0 Å². The van der Waals surface area contributed by atoms with Gasteiger partial charge in [-0.25, -0.2) is 5.43 Å². The number of carbonyl (C=O) groups excluding carboxylic acids is 1. The molecule has 3 rings (SSSR count). The van der Waals surface area contributed by atoms with Gasteiger partial charge in [-0.3, -0.25) is 9.48 Å². The molecule has 0 spiro atoms. The molecule has 0 atom stereocenters. The average Bonchev–Trinajstić information content (AvgIpc) is 3.33. The average molecular weight is 310 g/mol. The van der Waals surface area contributed by atoms with Crippen molar-refractivity contribution in [1.29, 1.82) is 0 Å². The second-order valence-electron chi connectivity index (χ2n) is 6.24. The summed E-state index contributed by atoms with van der Waals surface area (Å²) in [7, 11) is 0. The molecule has 0 unspecified atom stereocenters. The molecule has 5 nitrogen and oxygen atoms in total. The zero-order chi connectivity index (χ0) is 16.4. The second-order valence-corrected chi connectivity index (χ2v) is 6.24. The lowest BCUT2D eigenvalue weighted by Gasteiger charge is -2.05. The van der Waals surface area contributed by atoms with Crippen LogP contribution in [0.5, 0.6) is 0 Å². The first kappa shape index (κ1) is 15.5. The molecule has 0 saturated heterocycles. The molecule has 1 aromatic carbocycles. The van der Waals surface area contributed by atoms with E-state index in [1.165, 1.54) is 11.1 Å². The highest BCUT2D eigenvalue weighted by molar-refractivity contribution is 5.85. The number of hydrogen-bond acceptors (Lipinski definition) is 3. The normalized spacial score (nSPS) is 14.4. The molecular weight excluding hydrogens is 288 g/mol. The Hall–Kier alpha value is -2.43. The molecule has 0 bridgehead atoms. The summed E-state index contributed by atoms with van der Waals surface area (Å²) < 4.78 is 1.98. The minimum absolute atomic E-state index is 0.0172. The first-order valence-corrected chi connectivity index (χ1v) is 7.97. The van der Waals surface area contributed by atoms with E-state index in [0.29, 0.717) is 0 Å². The molecule has 0 aliphatic heterocycles. The van der Waals surface area contributed by atoms with E-state index in [9.17, 15) is 4.79 Å². The fourth-order valence-electron chi connectivity index (χ4n) is 2.52. The molecule has 1 fully saturated rings. The summed E-state index contributed by atoms with van der Waals surface area (Å²) in [4.78, 5) is 11.6. The van der Waals surface area contributed by atoms with Crippen molar-refractivity contribution in [1.82, 2.24) is 15.2 Å². The van der Waals surface area contributed by atoms with Crippen molar-refractivity contribution in [3.05, 3.63) is 52.3 Å². The lowest BCUT2D eigenvalue weighted by Crippen LogP contribution is -2.19. The number of nitrogens with zero attached hydrogens (tertiary/aromatic N) is 3. The van der Waals surface area contributed by atoms with Crippen LogP contribution in [0.3, 0.4) is 0 Å². The number of aryl methyl sites for hydroxylation is 2. The summed E-state index contributed by atoms with van der Waals surface area (Å²) in [5.41, 5.74) is 8.00.